The number of nitrogens with zero attached hydrogens (tertiary/aromatic N) is 2. The Labute approximate surface area is 104 Å². The molecule has 0 atom stereocenters. The summed E-state index contributed by atoms with van der Waals surface area (Å²) in [5, 5.41) is 5.80. The Balaban J connectivity index is 2.05. The maximum atomic E-state index is 4.56. The molecule has 0 aliphatic heterocycles. The van der Waals surface area contributed by atoms with E-state index >= 15 is 0 Å². The number of halogens is 1. The van der Waals surface area contributed by atoms with Crippen LogP contribution in [0.1, 0.15) is 38.1 Å². The topological polar surface area (TPSA) is 17.8 Å². The monoisotopic (exact) mass is 278 g/mol. The predicted molar refractivity (Wildman–Crippen MR) is 69.6 cm³/mol. The minimum Gasteiger partial charge on any atom is -0.262 e. The SMILES string of the molecule is Brc1ccc2cnn(C3CCCCC3)c2c1. The fourth-order valence-electron chi connectivity index (χ4n) is 2.63. The van der Waals surface area contributed by atoms with Crippen LogP contribution in [0.25, 0.3) is 10.9 Å². The Hall–Kier alpha value is -0.830. The molecule has 0 radical (unpaired) electrons. The zero-order chi connectivity index (χ0) is 11.0. The molecular formula is C13H15BrN2. The zero-order valence-corrected chi connectivity index (χ0v) is 10.8. The van der Waals surface area contributed by atoms with Crippen molar-refractivity contribution in [3.63, 3.8) is 0 Å². The minimum atomic E-state index is 0.612. The van der Waals surface area contributed by atoms with Crippen molar-refractivity contribution < 1.29 is 0 Å². The predicted octanol–water partition coefficient (Wildman–Crippen LogP) is 4.30. The van der Waals surface area contributed by atoms with Crippen LogP contribution in [-0.4, -0.2) is 9.78 Å². The van der Waals surface area contributed by atoms with Gasteiger partial charge in [0.15, 0.2) is 0 Å². The van der Waals surface area contributed by atoms with Crippen LogP contribution in [0.2, 0.25) is 0 Å². The van der Waals surface area contributed by atoms with Gasteiger partial charge in [-0.15, -0.1) is 0 Å². The highest BCUT2D eigenvalue weighted by Crippen LogP contribution is 2.31. The first-order valence-corrected chi connectivity index (χ1v) is 6.77. The van der Waals surface area contributed by atoms with Gasteiger partial charge in [0, 0.05) is 9.86 Å². The third kappa shape index (κ3) is 1.77. The molecule has 2 aromatic rings. The van der Waals surface area contributed by atoms with Crippen LogP contribution < -0.4 is 0 Å². The van der Waals surface area contributed by atoms with Gasteiger partial charge in [-0.3, -0.25) is 4.68 Å². The second-order valence-electron chi connectivity index (χ2n) is 4.58. The standard InChI is InChI=1S/C13H15BrN2/c14-11-7-6-10-9-15-16(13(10)8-11)12-4-2-1-3-5-12/h6-9,12H,1-5H2. The summed E-state index contributed by atoms with van der Waals surface area (Å²) < 4.78 is 3.36. The molecule has 0 bridgehead atoms. The summed E-state index contributed by atoms with van der Waals surface area (Å²) in [5.41, 5.74) is 1.27. The van der Waals surface area contributed by atoms with Crippen molar-refractivity contribution in [2.75, 3.05) is 0 Å². The van der Waals surface area contributed by atoms with Crippen LogP contribution in [0.15, 0.2) is 28.9 Å². The van der Waals surface area contributed by atoms with Crippen LogP contribution in [0.3, 0.4) is 0 Å². The van der Waals surface area contributed by atoms with E-state index in [1.54, 1.807) is 0 Å². The molecule has 0 amide bonds. The van der Waals surface area contributed by atoms with Gasteiger partial charge in [-0.1, -0.05) is 41.3 Å². The zero-order valence-electron chi connectivity index (χ0n) is 9.19. The molecule has 2 nitrogen and oxygen atoms in total. The highest BCUT2D eigenvalue weighted by atomic mass is 79.9. The van der Waals surface area contributed by atoms with E-state index in [1.165, 1.54) is 43.0 Å². The lowest BCUT2D eigenvalue weighted by atomic mass is 9.95. The summed E-state index contributed by atoms with van der Waals surface area (Å²) in [6.07, 6.45) is 8.63. The molecule has 3 rings (SSSR count). The number of hydrogen-bond donors (Lipinski definition) is 0. The summed E-state index contributed by atoms with van der Waals surface area (Å²) in [7, 11) is 0. The molecule has 0 saturated heterocycles. The summed E-state index contributed by atoms with van der Waals surface area (Å²) >= 11 is 3.53. The molecule has 1 aliphatic carbocycles. The first kappa shape index (κ1) is 10.3. The molecule has 84 valence electrons. The third-order valence-corrected chi connectivity index (χ3v) is 3.97. The van der Waals surface area contributed by atoms with Crippen molar-refractivity contribution in [2.45, 2.75) is 38.1 Å². The fraction of sp³-hybridized carbons (Fsp3) is 0.462. The van der Waals surface area contributed by atoms with Gasteiger partial charge in [-0.25, -0.2) is 0 Å². The molecule has 1 fully saturated rings. The minimum absolute atomic E-state index is 0.612. The van der Waals surface area contributed by atoms with E-state index in [9.17, 15) is 0 Å². The second-order valence-corrected chi connectivity index (χ2v) is 5.50. The average molecular weight is 279 g/mol. The molecule has 1 aromatic carbocycles. The third-order valence-electron chi connectivity index (χ3n) is 3.48. The van der Waals surface area contributed by atoms with Crippen molar-refractivity contribution in [1.29, 1.82) is 0 Å². The maximum Gasteiger partial charge on any atom is 0.0696 e. The van der Waals surface area contributed by atoms with Crippen molar-refractivity contribution in [2.24, 2.45) is 0 Å². The van der Waals surface area contributed by atoms with E-state index < -0.39 is 0 Å². The largest absolute Gasteiger partial charge is 0.262 e. The van der Waals surface area contributed by atoms with Crippen LogP contribution in [-0.2, 0) is 0 Å². The molecule has 1 aromatic heterocycles. The summed E-state index contributed by atoms with van der Waals surface area (Å²) in [4.78, 5) is 0. The van der Waals surface area contributed by atoms with E-state index in [1.807, 2.05) is 6.20 Å². The number of fused-ring (bicyclic) bond motifs is 1. The van der Waals surface area contributed by atoms with Gasteiger partial charge in [0.05, 0.1) is 17.8 Å². The lowest BCUT2D eigenvalue weighted by Gasteiger charge is -2.22. The van der Waals surface area contributed by atoms with Gasteiger partial charge >= 0.3 is 0 Å². The Morgan fingerprint density at radius 3 is 2.81 bits per heavy atom. The van der Waals surface area contributed by atoms with Crippen molar-refractivity contribution in [3.8, 4) is 0 Å². The molecule has 0 spiro atoms. The summed E-state index contributed by atoms with van der Waals surface area (Å²) in [6.45, 7) is 0. The fourth-order valence-corrected chi connectivity index (χ4v) is 2.98. The van der Waals surface area contributed by atoms with E-state index in [0.29, 0.717) is 6.04 Å². The highest BCUT2D eigenvalue weighted by Gasteiger charge is 2.17. The number of hydrogen-bond acceptors (Lipinski definition) is 1. The number of benzene rings is 1. The van der Waals surface area contributed by atoms with Crippen LogP contribution >= 0.6 is 15.9 Å². The molecular weight excluding hydrogens is 264 g/mol. The van der Waals surface area contributed by atoms with E-state index in [2.05, 4.69) is 43.9 Å². The molecule has 1 saturated carbocycles. The molecule has 16 heavy (non-hydrogen) atoms. The number of aromatic nitrogens is 2. The Morgan fingerprint density at radius 1 is 1.19 bits per heavy atom. The molecule has 3 heteroatoms. The number of rotatable bonds is 1. The van der Waals surface area contributed by atoms with Gasteiger partial charge in [0.2, 0.25) is 0 Å². The van der Waals surface area contributed by atoms with E-state index in [0.717, 1.165) is 4.47 Å². The summed E-state index contributed by atoms with van der Waals surface area (Å²) in [5.74, 6) is 0. The first-order valence-electron chi connectivity index (χ1n) is 5.97. The summed E-state index contributed by atoms with van der Waals surface area (Å²) in [6, 6.07) is 7.00. The molecule has 1 aliphatic rings. The molecule has 1 heterocycles. The van der Waals surface area contributed by atoms with E-state index in [-0.39, 0.29) is 0 Å². The van der Waals surface area contributed by atoms with Crippen molar-refractivity contribution in [3.05, 3.63) is 28.9 Å². The highest BCUT2D eigenvalue weighted by molar-refractivity contribution is 9.10. The van der Waals surface area contributed by atoms with Gasteiger partial charge in [-0.05, 0) is 25.0 Å². The first-order chi connectivity index (χ1) is 7.84. The Bertz CT molecular complexity index is 498. The Kier molecular flexibility index (Phi) is 2.72. The van der Waals surface area contributed by atoms with Crippen molar-refractivity contribution in [1.82, 2.24) is 9.78 Å². The molecule has 0 unspecified atom stereocenters. The lowest BCUT2D eigenvalue weighted by molar-refractivity contribution is 0.337. The van der Waals surface area contributed by atoms with Crippen molar-refractivity contribution >= 4 is 26.8 Å². The lowest BCUT2D eigenvalue weighted by Crippen LogP contribution is -2.13. The van der Waals surface area contributed by atoms with Crippen LogP contribution in [0.4, 0.5) is 0 Å². The Morgan fingerprint density at radius 2 is 2.00 bits per heavy atom. The van der Waals surface area contributed by atoms with Gasteiger partial charge in [0.1, 0.15) is 0 Å². The van der Waals surface area contributed by atoms with Crippen LogP contribution in [0.5, 0.6) is 0 Å². The van der Waals surface area contributed by atoms with E-state index in [4.69, 9.17) is 0 Å². The maximum absolute atomic E-state index is 4.56. The smallest absolute Gasteiger partial charge is 0.0696 e. The van der Waals surface area contributed by atoms with Gasteiger partial charge in [0.25, 0.3) is 0 Å². The van der Waals surface area contributed by atoms with Gasteiger partial charge < -0.3 is 0 Å². The quantitative estimate of drug-likeness (QED) is 0.760. The van der Waals surface area contributed by atoms with Crippen LogP contribution in [0, 0.1) is 0 Å². The molecule has 0 N–H and O–H groups in total. The normalized spacial score (nSPS) is 18.1. The second kappa shape index (κ2) is 4.21. The van der Waals surface area contributed by atoms with Gasteiger partial charge in [-0.2, -0.15) is 5.10 Å². The average Bonchev–Trinajstić information content (AvgIpc) is 2.73.